The minimum Gasteiger partial charge on any atom is -0.396 e. The lowest BCUT2D eigenvalue weighted by atomic mass is 9.97. The van der Waals surface area contributed by atoms with Gasteiger partial charge in [-0.05, 0) is 13.0 Å². The third-order valence-corrected chi connectivity index (χ3v) is 3.91. The molecule has 6 heteroatoms. The van der Waals surface area contributed by atoms with E-state index in [1.807, 2.05) is 0 Å². The van der Waals surface area contributed by atoms with Gasteiger partial charge in [-0.15, -0.1) is 0 Å². The fourth-order valence-electron chi connectivity index (χ4n) is 2.70. The molecule has 1 saturated heterocycles. The fourth-order valence-corrected chi connectivity index (χ4v) is 2.70. The zero-order valence-electron chi connectivity index (χ0n) is 12.4. The molecular weight excluding hydrogens is 258 g/mol. The third kappa shape index (κ3) is 3.77. The van der Waals surface area contributed by atoms with Crippen molar-refractivity contribution in [1.29, 1.82) is 0 Å². The summed E-state index contributed by atoms with van der Waals surface area (Å²) in [5.74, 6) is 1.70. The lowest BCUT2D eigenvalue weighted by Gasteiger charge is -2.13. The van der Waals surface area contributed by atoms with Gasteiger partial charge in [-0.1, -0.05) is 18.5 Å². The van der Waals surface area contributed by atoms with Crippen LogP contribution in [0.2, 0.25) is 0 Å². The zero-order chi connectivity index (χ0) is 14.4. The number of hydrogen-bond acceptors (Lipinski definition) is 6. The number of aromatic nitrogens is 2. The highest BCUT2D eigenvalue weighted by molar-refractivity contribution is 5.03. The van der Waals surface area contributed by atoms with Crippen molar-refractivity contribution >= 4 is 0 Å². The van der Waals surface area contributed by atoms with Crippen LogP contribution in [-0.2, 0) is 11.2 Å². The molecule has 0 radical (unpaired) electrons. The molecule has 20 heavy (non-hydrogen) atoms. The first-order chi connectivity index (χ1) is 9.78. The summed E-state index contributed by atoms with van der Waals surface area (Å²) in [5, 5.41) is 13.5. The molecule has 0 aromatic carbocycles. The van der Waals surface area contributed by atoms with Crippen molar-refractivity contribution in [2.75, 3.05) is 40.0 Å². The first kappa shape index (κ1) is 15.4. The summed E-state index contributed by atoms with van der Waals surface area (Å²) in [6.07, 6.45) is 3.04. The van der Waals surface area contributed by atoms with Crippen LogP contribution in [-0.4, -0.2) is 60.1 Å². The SMILES string of the molecule is CCCCN1C[C@@H](CO)[C@H](c2nc(CCOC)no2)C1. The molecule has 0 saturated carbocycles. The maximum Gasteiger partial charge on any atom is 0.231 e. The maximum atomic E-state index is 9.55. The Morgan fingerprint density at radius 3 is 3.00 bits per heavy atom. The Hall–Kier alpha value is -0.980. The van der Waals surface area contributed by atoms with Gasteiger partial charge in [0.05, 0.1) is 12.5 Å². The van der Waals surface area contributed by atoms with Crippen molar-refractivity contribution in [2.24, 2.45) is 5.92 Å². The highest BCUT2D eigenvalue weighted by Gasteiger charge is 2.36. The van der Waals surface area contributed by atoms with Crippen LogP contribution in [0.3, 0.4) is 0 Å². The molecule has 2 rings (SSSR count). The van der Waals surface area contributed by atoms with E-state index in [2.05, 4.69) is 22.0 Å². The van der Waals surface area contributed by atoms with Gasteiger partial charge < -0.3 is 19.3 Å². The van der Waals surface area contributed by atoms with E-state index in [1.165, 1.54) is 12.8 Å². The molecule has 1 N–H and O–H groups in total. The van der Waals surface area contributed by atoms with Crippen molar-refractivity contribution in [2.45, 2.75) is 32.1 Å². The predicted octanol–water partition coefficient (Wildman–Crippen LogP) is 1.07. The lowest BCUT2D eigenvalue weighted by Crippen LogP contribution is -2.22. The van der Waals surface area contributed by atoms with Crippen molar-refractivity contribution < 1.29 is 14.4 Å². The van der Waals surface area contributed by atoms with Crippen LogP contribution >= 0.6 is 0 Å². The molecule has 0 amide bonds. The standard InChI is InChI=1S/C14H25N3O3/c1-3-4-6-17-8-11(10-18)12(9-17)14-15-13(16-20-14)5-7-19-2/h11-12,18H,3-10H2,1-2H3/t11-,12+/m0/s1. The summed E-state index contributed by atoms with van der Waals surface area (Å²) in [5.41, 5.74) is 0. The quantitative estimate of drug-likeness (QED) is 0.769. The topological polar surface area (TPSA) is 71.6 Å². The molecule has 0 bridgehead atoms. The average Bonchev–Trinajstić information content (AvgIpc) is 3.08. The molecule has 6 nitrogen and oxygen atoms in total. The minimum atomic E-state index is 0.153. The summed E-state index contributed by atoms with van der Waals surface area (Å²) in [7, 11) is 1.66. The number of ether oxygens (including phenoxy) is 1. The van der Waals surface area contributed by atoms with Crippen LogP contribution in [0.1, 0.15) is 37.4 Å². The Bertz CT molecular complexity index is 397. The van der Waals surface area contributed by atoms with Gasteiger partial charge in [0.2, 0.25) is 5.89 Å². The minimum absolute atomic E-state index is 0.153. The van der Waals surface area contributed by atoms with E-state index in [0.29, 0.717) is 24.7 Å². The zero-order valence-corrected chi connectivity index (χ0v) is 12.4. The molecule has 1 aliphatic rings. The third-order valence-electron chi connectivity index (χ3n) is 3.91. The van der Waals surface area contributed by atoms with Gasteiger partial charge in [0.25, 0.3) is 0 Å². The van der Waals surface area contributed by atoms with Crippen LogP contribution in [0.5, 0.6) is 0 Å². The Balaban J connectivity index is 1.97. The summed E-state index contributed by atoms with van der Waals surface area (Å²) in [6, 6.07) is 0. The van der Waals surface area contributed by atoms with Crippen molar-refractivity contribution in [3.05, 3.63) is 11.7 Å². The van der Waals surface area contributed by atoms with Crippen LogP contribution in [0.4, 0.5) is 0 Å². The highest BCUT2D eigenvalue weighted by Crippen LogP contribution is 2.31. The summed E-state index contributed by atoms with van der Waals surface area (Å²) >= 11 is 0. The largest absolute Gasteiger partial charge is 0.396 e. The second-order valence-corrected chi connectivity index (χ2v) is 5.45. The van der Waals surface area contributed by atoms with Crippen molar-refractivity contribution in [3.63, 3.8) is 0 Å². The Morgan fingerprint density at radius 1 is 1.45 bits per heavy atom. The monoisotopic (exact) mass is 283 g/mol. The number of methoxy groups -OCH3 is 1. The number of rotatable bonds is 8. The molecule has 114 valence electrons. The number of aliphatic hydroxyl groups is 1. The van der Waals surface area contributed by atoms with E-state index in [0.717, 1.165) is 19.6 Å². The van der Waals surface area contributed by atoms with Gasteiger partial charge in [0.1, 0.15) is 0 Å². The van der Waals surface area contributed by atoms with Gasteiger partial charge in [-0.3, -0.25) is 0 Å². The molecule has 2 heterocycles. The molecule has 1 fully saturated rings. The van der Waals surface area contributed by atoms with E-state index < -0.39 is 0 Å². The molecule has 2 atom stereocenters. The number of hydrogen-bond donors (Lipinski definition) is 1. The van der Waals surface area contributed by atoms with Gasteiger partial charge in [-0.25, -0.2) is 0 Å². The number of aliphatic hydroxyl groups excluding tert-OH is 1. The van der Waals surface area contributed by atoms with Gasteiger partial charge >= 0.3 is 0 Å². The van der Waals surface area contributed by atoms with Crippen LogP contribution < -0.4 is 0 Å². The van der Waals surface area contributed by atoms with E-state index in [9.17, 15) is 5.11 Å². The maximum absolute atomic E-state index is 9.55. The average molecular weight is 283 g/mol. The number of nitrogens with zero attached hydrogens (tertiary/aromatic N) is 3. The lowest BCUT2D eigenvalue weighted by molar-refractivity contribution is 0.199. The highest BCUT2D eigenvalue weighted by atomic mass is 16.5. The Labute approximate surface area is 120 Å². The first-order valence-electron chi connectivity index (χ1n) is 7.43. The Morgan fingerprint density at radius 2 is 2.30 bits per heavy atom. The smallest absolute Gasteiger partial charge is 0.231 e. The molecule has 0 spiro atoms. The normalized spacial score (nSPS) is 23.6. The van der Waals surface area contributed by atoms with E-state index >= 15 is 0 Å². The van der Waals surface area contributed by atoms with Gasteiger partial charge in [0, 0.05) is 39.1 Å². The van der Waals surface area contributed by atoms with Crippen molar-refractivity contribution in [3.8, 4) is 0 Å². The van der Waals surface area contributed by atoms with Crippen LogP contribution in [0, 0.1) is 5.92 Å². The van der Waals surface area contributed by atoms with Crippen molar-refractivity contribution in [1.82, 2.24) is 15.0 Å². The second-order valence-electron chi connectivity index (χ2n) is 5.45. The molecule has 1 aromatic heterocycles. The Kier molecular flexibility index (Phi) is 5.94. The molecule has 0 aliphatic carbocycles. The fraction of sp³-hybridized carbons (Fsp3) is 0.857. The number of unbranched alkanes of at least 4 members (excludes halogenated alkanes) is 1. The summed E-state index contributed by atoms with van der Waals surface area (Å²) in [6.45, 7) is 5.85. The van der Waals surface area contributed by atoms with Gasteiger partial charge in [0.15, 0.2) is 5.82 Å². The van der Waals surface area contributed by atoms with E-state index in [4.69, 9.17) is 9.26 Å². The summed E-state index contributed by atoms with van der Waals surface area (Å²) in [4.78, 5) is 6.83. The van der Waals surface area contributed by atoms with Gasteiger partial charge in [-0.2, -0.15) is 4.98 Å². The summed E-state index contributed by atoms with van der Waals surface area (Å²) < 4.78 is 10.4. The molecule has 0 unspecified atom stereocenters. The molecule has 1 aromatic rings. The van der Waals surface area contributed by atoms with Crippen LogP contribution in [0.15, 0.2) is 4.52 Å². The van der Waals surface area contributed by atoms with Crippen LogP contribution in [0.25, 0.3) is 0 Å². The predicted molar refractivity (Wildman–Crippen MR) is 74.5 cm³/mol. The first-order valence-corrected chi connectivity index (χ1v) is 7.43. The van der Waals surface area contributed by atoms with E-state index in [-0.39, 0.29) is 18.4 Å². The molecular formula is C14H25N3O3. The number of likely N-dealkylation sites (tertiary alicyclic amines) is 1. The van der Waals surface area contributed by atoms with E-state index in [1.54, 1.807) is 7.11 Å². The molecule has 1 aliphatic heterocycles. The second kappa shape index (κ2) is 7.71.